The van der Waals surface area contributed by atoms with Crippen LogP contribution >= 0.6 is 0 Å². The smallest absolute Gasteiger partial charge is 0.340 e. The Morgan fingerprint density at radius 3 is 1.96 bits per heavy atom. The first kappa shape index (κ1) is 18.9. The molecule has 0 saturated carbocycles. The molecule has 0 fully saturated rings. The Balaban J connectivity index is 2.05. The number of rotatable bonds is 7. The normalized spacial score (nSPS) is 10.2. The lowest BCUT2D eigenvalue weighted by molar-refractivity contribution is 0.0695. The van der Waals surface area contributed by atoms with Crippen LogP contribution in [0.25, 0.3) is 11.1 Å². The summed E-state index contributed by atoms with van der Waals surface area (Å²) in [7, 11) is 4.32. The third-order valence-electron chi connectivity index (χ3n) is 3.78. The number of carboxylic acid groups (broad SMARTS) is 1. The van der Waals surface area contributed by atoms with Crippen molar-refractivity contribution in [2.45, 2.75) is 0 Å². The molecule has 0 unspecified atom stereocenters. The molecule has 0 aliphatic rings. The molecular formula is C19H17N3O6. The van der Waals surface area contributed by atoms with Crippen molar-refractivity contribution < 1.29 is 28.8 Å². The molecule has 0 amide bonds. The second-order valence-corrected chi connectivity index (χ2v) is 5.41. The number of hydrogen-bond donors (Lipinski definition) is 1. The van der Waals surface area contributed by atoms with Crippen LogP contribution in [0.1, 0.15) is 10.4 Å². The molecule has 0 saturated heterocycles. The van der Waals surface area contributed by atoms with Gasteiger partial charge in [-0.15, -0.1) is 15.0 Å². The van der Waals surface area contributed by atoms with E-state index in [9.17, 15) is 9.90 Å². The predicted octanol–water partition coefficient (Wildman–Crippen LogP) is 3.05. The Bertz CT molecular complexity index is 969. The van der Waals surface area contributed by atoms with Gasteiger partial charge in [-0.1, -0.05) is 24.3 Å². The highest BCUT2D eigenvalue weighted by molar-refractivity contribution is 5.99. The zero-order valence-corrected chi connectivity index (χ0v) is 15.4. The van der Waals surface area contributed by atoms with Gasteiger partial charge in [0.25, 0.3) is 0 Å². The van der Waals surface area contributed by atoms with Gasteiger partial charge in [0.2, 0.25) is 0 Å². The number of aromatic nitrogens is 3. The van der Waals surface area contributed by atoms with E-state index >= 15 is 0 Å². The van der Waals surface area contributed by atoms with Crippen molar-refractivity contribution in [1.82, 2.24) is 15.0 Å². The fourth-order valence-electron chi connectivity index (χ4n) is 2.49. The Morgan fingerprint density at radius 1 is 0.821 bits per heavy atom. The highest BCUT2D eigenvalue weighted by Crippen LogP contribution is 2.34. The Kier molecular flexibility index (Phi) is 5.54. The zero-order chi connectivity index (χ0) is 20.1. The van der Waals surface area contributed by atoms with Crippen LogP contribution in [0, 0.1) is 0 Å². The molecule has 0 spiro atoms. The molecule has 1 aromatic heterocycles. The van der Waals surface area contributed by atoms with E-state index in [1.165, 1.54) is 20.3 Å². The van der Waals surface area contributed by atoms with E-state index in [0.717, 1.165) is 0 Å². The lowest BCUT2D eigenvalue weighted by atomic mass is 9.99. The van der Waals surface area contributed by atoms with E-state index in [1.807, 2.05) is 0 Å². The Hall–Kier alpha value is -3.88. The molecule has 1 N–H and O–H groups in total. The quantitative estimate of drug-likeness (QED) is 0.657. The maximum Gasteiger partial charge on any atom is 0.340 e. The lowest BCUT2D eigenvalue weighted by Gasteiger charge is -2.13. The van der Waals surface area contributed by atoms with Crippen molar-refractivity contribution in [3.63, 3.8) is 0 Å². The van der Waals surface area contributed by atoms with E-state index in [1.54, 1.807) is 43.5 Å². The van der Waals surface area contributed by atoms with Gasteiger partial charge in [0.1, 0.15) is 17.1 Å². The van der Waals surface area contributed by atoms with Gasteiger partial charge in [0.15, 0.2) is 0 Å². The van der Waals surface area contributed by atoms with Gasteiger partial charge in [-0.25, -0.2) is 4.79 Å². The topological polar surface area (TPSA) is 113 Å². The molecule has 0 bridgehead atoms. The van der Waals surface area contributed by atoms with Gasteiger partial charge in [-0.05, 0) is 29.3 Å². The average molecular weight is 383 g/mol. The second kappa shape index (κ2) is 8.21. The number of nitrogens with zero attached hydrogens (tertiary/aromatic N) is 3. The van der Waals surface area contributed by atoms with Crippen LogP contribution in [0.4, 0.5) is 0 Å². The first-order valence-electron chi connectivity index (χ1n) is 8.08. The number of hydrogen-bond acceptors (Lipinski definition) is 8. The SMILES string of the molecule is COc1ccc(-c2cccc(Oc3nc(OC)nc(OC)n3)c2C(=O)O)cc1. The average Bonchev–Trinajstić information content (AvgIpc) is 2.73. The molecule has 0 aliphatic heterocycles. The summed E-state index contributed by atoms with van der Waals surface area (Å²) in [6, 6.07) is 11.7. The van der Waals surface area contributed by atoms with Crippen LogP contribution in [-0.2, 0) is 0 Å². The van der Waals surface area contributed by atoms with E-state index < -0.39 is 5.97 Å². The van der Waals surface area contributed by atoms with Gasteiger partial charge in [-0.2, -0.15) is 0 Å². The molecule has 3 rings (SSSR count). The van der Waals surface area contributed by atoms with Crippen LogP contribution in [0.5, 0.6) is 29.5 Å². The highest BCUT2D eigenvalue weighted by atomic mass is 16.5. The molecule has 144 valence electrons. The van der Waals surface area contributed by atoms with Gasteiger partial charge in [-0.3, -0.25) is 0 Å². The molecule has 0 atom stereocenters. The molecule has 28 heavy (non-hydrogen) atoms. The van der Waals surface area contributed by atoms with Crippen molar-refractivity contribution in [2.75, 3.05) is 21.3 Å². The van der Waals surface area contributed by atoms with E-state index in [0.29, 0.717) is 16.9 Å². The highest BCUT2D eigenvalue weighted by Gasteiger charge is 2.20. The molecule has 9 heteroatoms. The molecule has 0 radical (unpaired) electrons. The van der Waals surface area contributed by atoms with Gasteiger partial charge >= 0.3 is 24.0 Å². The van der Waals surface area contributed by atoms with Crippen molar-refractivity contribution >= 4 is 5.97 Å². The number of aromatic carboxylic acids is 1. The summed E-state index contributed by atoms with van der Waals surface area (Å²) in [6.45, 7) is 0. The maximum absolute atomic E-state index is 12.0. The summed E-state index contributed by atoms with van der Waals surface area (Å²) >= 11 is 0. The largest absolute Gasteiger partial charge is 0.497 e. The van der Waals surface area contributed by atoms with Crippen LogP contribution in [0.3, 0.4) is 0 Å². The maximum atomic E-state index is 12.0. The molecular weight excluding hydrogens is 366 g/mol. The third-order valence-corrected chi connectivity index (χ3v) is 3.78. The van der Waals surface area contributed by atoms with E-state index in [4.69, 9.17) is 18.9 Å². The molecule has 9 nitrogen and oxygen atoms in total. The molecule has 1 heterocycles. The first-order valence-corrected chi connectivity index (χ1v) is 8.08. The molecule has 2 aromatic carbocycles. The Labute approximate surface area is 160 Å². The number of methoxy groups -OCH3 is 3. The van der Waals surface area contributed by atoms with Crippen molar-refractivity contribution in [3.05, 3.63) is 48.0 Å². The number of carbonyl (C=O) groups is 1. The first-order chi connectivity index (χ1) is 13.5. The standard InChI is InChI=1S/C19H17N3O6/c1-25-12-9-7-11(8-10-12)13-5-4-6-14(15(13)16(23)24)28-19-21-17(26-2)20-18(22-19)27-3/h4-10H,1-3H3,(H,23,24). The predicted molar refractivity (Wildman–Crippen MR) is 98.4 cm³/mol. The van der Waals surface area contributed by atoms with Crippen molar-refractivity contribution in [1.29, 1.82) is 0 Å². The minimum Gasteiger partial charge on any atom is -0.497 e. The molecule has 0 aliphatic carbocycles. The summed E-state index contributed by atoms with van der Waals surface area (Å²) in [5.41, 5.74) is 1.13. The van der Waals surface area contributed by atoms with Gasteiger partial charge < -0.3 is 24.1 Å². The monoisotopic (exact) mass is 383 g/mol. The minimum atomic E-state index is -1.16. The zero-order valence-electron chi connectivity index (χ0n) is 15.4. The Morgan fingerprint density at radius 2 is 1.43 bits per heavy atom. The van der Waals surface area contributed by atoms with Gasteiger partial charge in [0, 0.05) is 0 Å². The number of benzene rings is 2. The summed E-state index contributed by atoms with van der Waals surface area (Å²) in [5, 5.41) is 9.78. The van der Waals surface area contributed by atoms with Crippen LogP contribution < -0.4 is 18.9 Å². The summed E-state index contributed by atoms with van der Waals surface area (Å²) in [5.74, 6) is -0.428. The number of carboxylic acids is 1. The fourth-order valence-corrected chi connectivity index (χ4v) is 2.49. The lowest BCUT2D eigenvalue weighted by Crippen LogP contribution is -2.06. The van der Waals surface area contributed by atoms with E-state index in [2.05, 4.69) is 15.0 Å². The van der Waals surface area contributed by atoms with Crippen molar-refractivity contribution in [2.24, 2.45) is 0 Å². The second-order valence-electron chi connectivity index (χ2n) is 5.41. The van der Waals surface area contributed by atoms with Crippen LogP contribution in [0.2, 0.25) is 0 Å². The molecule has 3 aromatic rings. The van der Waals surface area contributed by atoms with E-state index in [-0.39, 0.29) is 29.3 Å². The number of ether oxygens (including phenoxy) is 4. The summed E-state index contributed by atoms with van der Waals surface area (Å²) < 4.78 is 20.7. The summed E-state index contributed by atoms with van der Waals surface area (Å²) in [6.07, 6.45) is 0. The minimum absolute atomic E-state index is 0.0231. The fraction of sp³-hybridized carbons (Fsp3) is 0.158. The van der Waals surface area contributed by atoms with Crippen molar-refractivity contribution in [3.8, 4) is 40.7 Å². The van der Waals surface area contributed by atoms with Gasteiger partial charge in [0.05, 0.1) is 21.3 Å². The van der Waals surface area contributed by atoms with Crippen LogP contribution in [-0.4, -0.2) is 47.4 Å². The van der Waals surface area contributed by atoms with Crippen LogP contribution in [0.15, 0.2) is 42.5 Å². The summed E-state index contributed by atoms with van der Waals surface area (Å²) in [4.78, 5) is 23.8. The third kappa shape index (κ3) is 3.93.